The highest BCUT2D eigenvalue weighted by Crippen LogP contribution is 2.48. The zero-order chi connectivity index (χ0) is 46.2. The Morgan fingerprint density at radius 2 is 1.77 bits per heavy atom. The van der Waals surface area contributed by atoms with Gasteiger partial charge >= 0.3 is 12.1 Å². The lowest BCUT2D eigenvalue weighted by atomic mass is 9.95. The van der Waals surface area contributed by atoms with E-state index in [1.807, 2.05) is 49.9 Å². The van der Waals surface area contributed by atoms with Crippen molar-refractivity contribution in [1.82, 2.24) is 24.8 Å². The number of halogens is 2. The summed E-state index contributed by atoms with van der Waals surface area (Å²) in [6, 6.07) is 8.82. The predicted octanol–water partition coefficient (Wildman–Crippen LogP) is 9.84. The number of pyridine rings is 1. The lowest BCUT2D eigenvalue weighted by Gasteiger charge is -2.46. The molecule has 0 spiro atoms. The van der Waals surface area contributed by atoms with E-state index in [9.17, 15) is 9.18 Å². The molecule has 12 nitrogen and oxygen atoms in total. The van der Waals surface area contributed by atoms with E-state index in [1.54, 1.807) is 13.2 Å². The number of benzene rings is 2. The van der Waals surface area contributed by atoms with Gasteiger partial charge in [-0.05, 0) is 93.2 Å². The number of ether oxygens (including phenoxy) is 5. The molecule has 4 fully saturated rings. The number of fused-ring (bicyclic) bond motifs is 7. The van der Waals surface area contributed by atoms with Crippen LogP contribution >= 0.6 is 0 Å². The average Bonchev–Trinajstić information content (AvgIpc) is 3.85. The number of carbonyl (C=O) groups excluding carboxylic acids is 1. The van der Waals surface area contributed by atoms with E-state index in [0.29, 0.717) is 58.7 Å². The molecule has 348 valence electrons. The molecule has 4 aromatic rings. The van der Waals surface area contributed by atoms with E-state index < -0.39 is 31.2 Å². The fraction of sp³-hybridized carbons (Fsp3) is 0.600. The van der Waals surface area contributed by atoms with Gasteiger partial charge in [0.1, 0.15) is 61.2 Å². The summed E-state index contributed by atoms with van der Waals surface area (Å²) in [6.07, 6.45) is 2.29. The Bertz CT molecular complexity index is 2540. The van der Waals surface area contributed by atoms with Crippen molar-refractivity contribution < 1.29 is 37.3 Å². The first-order valence-corrected chi connectivity index (χ1v) is 25.7. The molecule has 1 amide bonds. The predicted molar refractivity (Wildman–Crippen MR) is 251 cm³/mol. The second kappa shape index (κ2) is 17.1. The van der Waals surface area contributed by atoms with Crippen molar-refractivity contribution in [3.8, 4) is 40.4 Å². The molecule has 7 heterocycles. The minimum absolute atomic E-state index is 0.00564. The van der Waals surface area contributed by atoms with Crippen LogP contribution in [0.25, 0.3) is 32.9 Å². The van der Waals surface area contributed by atoms with Gasteiger partial charge in [0.2, 0.25) is 5.88 Å². The van der Waals surface area contributed by atoms with Crippen LogP contribution in [0.5, 0.6) is 17.6 Å². The average molecular weight is 911 g/mol. The summed E-state index contributed by atoms with van der Waals surface area (Å²) < 4.78 is 63.6. The SMILES string of the molecule is COCOc1cc(-c2nc3c4c(nc(OC[C@]56CCCN5C[C@@H](F)C6)nc4c2F)N2C[C@H]4CC[C@@H]([C@@H]2CO3)N4C(=O)OC(C)(C)C)c2c(C#C[Si](C(C)C)(C(C)C)C(C)C)cccc2c1. The zero-order valence-electron chi connectivity index (χ0n) is 39.6. The lowest BCUT2D eigenvalue weighted by Crippen LogP contribution is -2.63. The largest absolute Gasteiger partial charge is 0.475 e. The maximum atomic E-state index is 18.1. The fourth-order valence-corrected chi connectivity index (χ4v) is 17.3. The number of piperazine rings is 1. The van der Waals surface area contributed by atoms with Crippen molar-refractivity contribution in [2.75, 3.05) is 51.7 Å². The molecule has 0 aliphatic carbocycles. The minimum Gasteiger partial charge on any atom is -0.475 e. The molecule has 0 N–H and O–H groups in total. The van der Waals surface area contributed by atoms with E-state index in [2.05, 4.69) is 62.8 Å². The number of nitrogens with zero attached hydrogens (tertiary/aromatic N) is 6. The van der Waals surface area contributed by atoms with Gasteiger partial charge in [-0.15, -0.1) is 5.54 Å². The van der Waals surface area contributed by atoms with Gasteiger partial charge in [-0.1, -0.05) is 59.6 Å². The molecule has 15 heteroatoms. The number of methoxy groups -OCH3 is 1. The van der Waals surface area contributed by atoms with Gasteiger partial charge in [-0.25, -0.2) is 18.6 Å². The molecule has 0 saturated carbocycles. The van der Waals surface area contributed by atoms with Crippen LogP contribution in [-0.4, -0.2) is 121 Å². The van der Waals surface area contributed by atoms with Crippen LogP contribution in [0, 0.1) is 17.3 Å². The lowest BCUT2D eigenvalue weighted by molar-refractivity contribution is 0.00537. The van der Waals surface area contributed by atoms with Crippen LogP contribution in [0.1, 0.15) is 100.0 Å². The number of aromatic nitrogens is 3. The second-order valence-electron chi connectivity index (χ2n) is 20.8. The smallest absolute Gasteiger partial charge is 0.410 e. The van der Waals surface area contributed by atoms with E-state index in [-0.39, 0.29) is 67.3 Å². The maximum absolute atomic E-state index is 18.1. The number of alkyl halides is 1. The summed E-state index contributed by atoms with van der Waals surface area (Å²) in [4.78, 5) is 34.9. The Morgan fingerprint density at radius 1 is 1.00 bits per heavy atom. The first-order chi connectivity index (χ1) is 30.9. The number of rotatable bonds is 10. The van der Waals surface area contributed by atoms with Crippen molar-refractivity contribution in [2.45, 2.75) is 146 Å². The van der Waals surface area contributed by atoms with Crippen molar-refractivity contribution in [3.63, 3.8) is 0 Å². The number of hydrogen-bond acceptors (Lipinski definition) is 11. The summed E-state index contributed by atoms with van der Waals surface area (Å²) >= 11 is 0. The quantitative estimate of drug-likeness (QED) is 0.0862. The summed E-state index contributed by atoms with van der Waals surface area (Å²) in [5, 5.41) is 1.85. The standard InChI is InChI=1S/C50H64F2N6O6Si/c1-29(2)65(30(3)4,31(5)6)20-17-32-13-11-14-33-21-36(63-28-60-10)22-37(40(32)33)43-42(52)44-41-45(55-47(54-44)62-27-50-18-12-19-56(50)24-34(51)23-50)57-25-35-15-16-38(39(57)26-61-46(41)53-43)58(35)48(59)64-49(7,8)9/h11,13-14,21-22,29-31,34-35,38-39H,12,15-16,18-19,23-28H2,1-10H3/t34-,35+,38-,39-,50+/m0/s1. The van der Waals surface area contributed by atoms with Crippen LogP contribution in [0.4, 0.5) is 19.4 Å². The maximum Gasteiger partial charge on any atom is 0.410 e. The van der Waals surface area contributed by atoms with Gasteiger partial charge in [0.15, 0.2) is 12.6 Å². The minimum atomic E-state index is -2.17. The molecule has 5 atom stereocenters. The summed E-state index contributed by atoms with van der Waals surface area (Å²) in [5.41, 5.74) is 5.18. The molecular formula is C50H64F2N6O6Si. The molecule has 5 aliphatic rings. The van der Waals surface area contributed by atoms with E-state index >= 15 is 4.39 Å². The van der Waals surface area contributed by atoms with Crippen LogP contribution in [0.3, 0.4) is 0 Å². The molecule has 2 aromatic carbocycles. The normalized spacial score (nSPS) is 24.0. The highest BCUT2D eigenvalue weighted by Gasteiger charge is 2.53. The van der Waals surface area contributed by atoms with Gasteiger partial charge in [-0.3, -0.25) is 9.80 Å². The molecule has 0 unspecified atom stereocenters. The molecule has 9 rings (SSSR count). The third kappa shape index (κ3) is 7.94. The topological polar surface area (TPSA) is 112 Å². The Labute approximate surface area is 382 Å². The Kier molecular flexibility index (Phi) is 12.0. The molecule has 65 heavy (non-hydrogen) atoms. The van der Waals surface area contributed by atoms with E-state index in [1.165, 1.54) is 0 Å². The highest BCUT2D eigenvalue weighted by molar-refractivity contribution is 6.90. The van der Waals surface area contributed by atoms with Crippen LogP contribution in [0.2, 0.25) is 16.6 Å². The van der Waals surface area contributed by atoms with Gasteiger partial charge in [0, 0.05) is 43.1 Å². The molecule has 2 aromatic heterocycles. The molecular weight excluding hydrogens is 847 g/mol. The highest BCUT2D eigenvalue weighted by atomic mass is 28.3. The van der Waals surface area contributed by atoms with Crippen LogP contribution in [0.15, 0.2) is 30.3 Å². The van der Waals surface area contributed by atoms with Crippen LogP contribution < -0.4 is 19.1 Å². The summed E-state index contributed by atoms with van der Waals surface area (Å²) in [6.45, 7) is 21.2. The summed E-state index contributed by atoms with van der Waals surface area (Å²) in [7, 11) is -0.624. The number of carbonyl (C=O) groups is 1. The Morgan fingerprint density at radius 3 is 2.49 bits per heavy atom. The number of amides is 1. The third-order valence-electron chi connectivity index (χ3n) is 14.8. The van der Waals surface area contributed by atoms with Crippen molar-refractivity contribution in [2.24, 2.45) is 0 Å². The number of hydrogen-bond donors (Lipinski definition) is 0. The van der Waals surface area contributed by atoms with Gasteiger partial charge in [0.25, 0.3) is 0 Å². The Hall–Kier alpha value is -4.78. The fourth-order valence-electron chi connectivity index (χ4n) is 12.1. The first-order valence-electron chi connectivity index (χ1n) is 23.5. The molecule has 4 saturated heterocycles. The van der Waals surface area contributed by atoms with Gasteiger partial charge in [-0.2, -0.15) is 9.97 Å². The monoisotopic (exact) mass is 910 g/mol. The second-order valence-corrected chi connectivity index (χ2v) is 26.4. The zero-order valence-corrected chi connectivity index (χ0v) is 40.6. The van der Waals surface area contributed by atoms with Crippen molar-refractivity contribution >= 4 is 41.7 Å². The van der Waals surface area contributed by atoms with Crippen LogP contribution in [-0.2, 0) is 9.47 Å². The van der Waals surface area contributed by atoms with Crippen molar-refractivity contribution in [1.29, 1.82) is 0 Å². The van der Waals surface area contributed by atoms with E-state index in [0.717, 1.165) is 48.6 Å². The van der Waals surface area contributed by atoms with Gasteiger partial charge in [0.05, 0.1) is 23.7 Å². The van der Waals surface area contributed by atoms with E-state index in [4.69, 9.17) is 38.6 Å². The molecule has 5 aliphatic heterocycles. The number of anilines is 1. The Balaban J connectivity index is 1.23. The third-order valence-corrected chi connectivity index (χ3v) is 21.1. The van der Waals surface area contributed by atoms with Gasteiger partial charge < -0.3 is 28.6 Å². The molecule has 0 radical (unpaired) electrons. The molecule has 2 bridgehead atoms. The van der Waals surface area contributed by atoms with Crippen molar-refractivity contribution in [3.05, 3.63) is 41.7 Å². The first kappa shape index (κ1) is 45.4. The summed E-state index contributed by atoms with van der Waals surface area (Å²) in [5.74, 6) is 4.05.